The van der Waals surface area contributed by atoms with Crippen molar-refractivity contribution in [2.45, 2.75) is 25.3 Å². The first kappa shape index (κ1) is 18.0. The molecule has 0 radical (unpaired) electrons. The van der Waals surface area contributed by atoms with Crippen LogP contribution < -0.4 is 0 Å². The van der Waals surface area contributed by atoms with Crippen molar-refractivity contribution in [1.82, 2.24) is 5.01 Å². The molecule has 2 unspecified atom stereocenters. The fourth-order valence-electron chi connectivity index (χ4n) is 4.20. The fraction of sp³-hybridized carbons (Fsp3) is 0.217. The van der Waals surface area contributed by atoms with Crippen LogP contribution in [0.15, 0.2) is 80.6 Å². The van der Waals surface area contributed by atoms with Gasteiger partial charge in [-0.25, -0.2) is 5.01 Å². The van der Waals surface area contributed by atoms with Gasteiger partial charge in [0.25, 0.3) is 5.91 Å². The van der Waals surface area contributed by atoms with E-state index in [4.69, 9.17) is 25.5 Å². The van der Waals surface area contributed by atoms with Crippen molar-refractivity contribution < 1.29 is 13.6 Å². The maximum absolute atomic E-state index is 13.4. The number of allylic oxidation sites excluding steroid dienone is 1. The number of hydrazone groups is 1. The molecule has 2 aromatic heterocycles. The van der Waals surface area contributed by atoms with Gasteiger partial charge in [-0.2, -0.15) is 5.10 Å². The topological polar surface area (TPSA) is 59.0 Å². The lowest BCUT2D eigenvalue weighted by molar-refractivity contribution is 0.0656. The van der Waals surface area contributed by atoms with Gasteiger partial charge in [-0.05, 0) is 73.4 Å². The molecular formula is C23H19ClN2O3. The summed E-state index contributed by atoms with van der Waals surface area (Å²) in [5.74, 6) is 1.42. The normalized spacial score (nSPS) is 22.6. The molecule has 1 aliphatic heterocycles. The number of benzene rings is 1. The van der Waals surface area contributed by atoms with Crippen molar-refractivity contribution in [3.63, 3.8) is 0 Å². The van der Waals surface area contributed by atoms with Gasteiger partial charge in [0.2, 0.25) is 0 Å². The molecule has 0 bridgehead atoms. The first-order valence-corrected chi connectivity index (χ1v) is 10.0. The Kier molecular flexibility index (Phi) is 4.60. The van der Waals surface area contributed by atoms with Gasteiger partial charge in [0.15, 0.2) is 0 Å². The van der Waals surface area contributed by atoms with Crippen LogP contribution in [0, 0.1) is 5.92 Å². The summed E-state index contributed by atoms with van der Waals surface area (Å²) in [4.78, 5) is 13.4. The molecule has 6 heteroatoms. The predicted octanol–water partition coefficient (Wildman–Crippen LogP) is 5.96. The lowest BCUT2D eigenvalue weighted by Crippen LogP contribution is -2.31. The number of nitrogens with zero attached hydrogens (tertiary/aromatic N) is 2. The smallest absolute Gasteiger partial charge is 0.274 e. The molecule has 1 aliphatic carbocycles. The van der Waals surface area contributed by atoms with Crippen molar-refractivity contribution in [2.24, 2.45) is 11.0 Å². The summed E-state index contributed by atoms with van der Waals surface area (Å²) in [7, 11) is 0. The van der Waals surface area contributed by atoms with E-state index in [1.54, 1.807) is 41.8 Å². The van der Waals surface area contributed by atoms with Gasteiger partial charge in [-0.15, -0.1) is 0 Å². The zero-order valence-corrected chi connectivity index (χ0v) is 16.4. The van der Waals surface area contributed by atoms with Gasteiger partial charge >= 0.3 is 0 Å². The average molecular weight is 407 g/mol. The van der Waals surface area contributed by atoms with Gasteiger partial charge in [-0.3, -0.25) is 4.79 Å². The highest BCUT2D eigenvalue weighted by molar-refractivity contribution is 6.31. The van der Waals surface area contributed by atoms with Crippen molar-refractivity contribution in [3.8, 4) is 0 Å². The first-order valence-electron chi connectivity index (χ1n) is 9.66. The van der Waals surface area contributed by atoms with Gasteiger partial charge in [0.05, 0.1) is 18.2 Å². The Balaban J connectivity index is 1.57. The Morgan fingerprint density at radius 3 is 2.76 bits per heavy atom. The number of carbonyl (C=O) groups excluding carboxylic acids is 1. The third-order valence-electron chi connectivity index (χ3n) is 5.48. The number of fused-ring (bicyclic) bond motifs is 1. The SMILES string of the molecule is O=C(c1cccc(Cl)c1)N1N=C2/C(=C\c3ccco3)CCCC2C1c1ccco1. The second-order valence-corrected chi connectivity index (χ2v) is 7.73. The second kappa shape index (κ2) is 7.41. The van der Waals surface area contributed by atoms with Crippen LogP contribution in [0.1, 0.15) is 47.2 Å². The Morgan fingerprint density at radius 1 is 1.14 bits per heavy atom. The number of amides is 1. The van der Waals surface area contributed by atoms with Gasteiger partial charge < -0.3 is 8.83 Å². The molecule has 146 valence electrons. The molecule has 3 aromatic rings. The minimum Gasteiger partial charge on any atom is -0.467 e. The molecule has 5 rings (SSSR count). The van der Waals surface area contributed by atoms with Crippen molar-refractivity contribution in [3.05, 3.63) is 88.7 Å². The summed E-state index contributed by atoms with van der Waals surface area (Å²) < 4.78 is 11.2. The number of hydrogen-bond acceptors (Lipinski definition) is 4. The van der Waals surface area contributed by atoms with Gasteiger partial charge in [0, 0.05) is 16.5 Å². The Morgan fingerprint density at radius 2 is 2.00 bits per heavy atom. The van der Waals surface area contributed by atoms with E-state index in [0.717, 1.165) is 42.1 Å². The maximum Gasteiger partial charge on any atom is 0.274 e. The van der Waals surface area contributed by atoms with Crippen LogP contribution in [-0.2, 0) is 0 Å². The van der Waals surface area contributed by atoms with Crippen molar-refractivity contribution >= 4 is 29.3 Å². The van der Waals surface area contributed by atoms with Crippen LogP contribution in [0.5, 0.6) is 0 Å². The summed E-state index contributed by atoms with van der Waals surface area (Å²) in [5, 5.41) is 6.89. The highest BCUT2D eigenvalue weighted by Gasteiger charge is 2.45. The molecule has 1 fully saturated rings. The Labute approximate surface area is 173 Å². The first-order chi connectivity index (χ1) is 14.2. The molecule has 3 heterocycles. The Bertz CT molecular complexity index is 1080. The third kappa shape index (κ3) is 3.32. The lowest BCUT2D eigenvalue weighted by atomic mass is 9.79. The minimum atomic E-state index is -0.271. The molecule has 1 aromatic carbocycles. The van der Waals surface area contributed by atoms with E-state index in [1.807, 2.05) is 30.3 Å². The van der Waals surface area contributed by atoms with Gasteiger partial charge in [0.1, 0.15) is 17.6 Å². The van der Waals surface area contributed by atoms with Crippen molar-refractivity contribution in [2.75, 3.05) is 0 Å². The molecule has 2 atom stereocenters. The second-order valence-electron chi connectivity index (χ2n) is 7.29. The number of halogens is 1. The molecule has 2 aliphatic rings. The van der Waals surface area contributed by atoms with Crippen LogP contribution in [0.2, 0.25) is 5.02 Å². The minimum absolute atomic E-state index is 0.0826. The van der Waals surface area contributed by atoms with Crippen LogP contribution in [-0.4, -0.2) is 16.6 Å². The molecule has 0 saturated heterocycles. The van der Waals surface area contributed by atoms with E-state index in [9.17, 15) is 4.79 Å². The monoisotopic (exact) mass is 406 g/mol. The van der Waals surface area contributed by atoms with Crippen LogP contribution >= 0.6 is 11.6 Å². The maximum atomic E-state index is 13.4. The lowest BCUT2D eigenvalue weighted by Gasteiger charge is -2.27. The highest BCUT2D eigenvalue weighted by atomic mass is 35.5. The van der Waals surface area contributed by atoms with Crippen molar-refractivity contribution in [1.29, 1.82) is 0 Å². The number of carbonyl (C=O) groups is 1. The fourth-order valence-corrected chi connectivity index (χ4v) is 4.40. The number of rotatable bonds is 3. The van der Waals surface area contributed by atoms with E-state index >= 15 is 0 Å². The molecule has 29 heavy (non-hydrogen) atoms. The van der Waals surface area contributed by atoms with Crippen LogP contribution in [0.4, 0.5) is 0 Å². The molecule has 0 N–H and O–H groups in total. The highest BCUT2D eigenvalue weighted by Crippen LogP contribution is 2.45. The summed E-state index contributed by atoms with van der Waals surface area (Å²) in [6.07, 6.45) is 8.19. The summed E-state index contributed by atoms with van der Waals surface area (Å²) >= 11 is 6.11. The largest absolute Gasteiger partial charge is 0.467 e. The van der Waals surface area contributed by atoms with Crippen LogP contribution in [0.25, 0.3) is 6.08 Å². The van der Waals surface area contributed by atoms with E-state index < -0.39 is 0 Å². The molecule has 0 spiro atoms. The van der Waals surface area contributed by atoms with Gasteiger partial charge in [-0.1, -0.05) is 17.7 Å². The average Bonchev–Trinajstić information content (AvgIpc) is 3.48. The predicted molar refractivity (Wildman–Crippen MR) is 111 cm³/mol. The number of hydrogen-bond donors (Lipinski definition) is 0. The molecule has 5 nitrogen and oxygen atoms in total. The zero-order valence-electron chi connectivity index (χ0n) is 15.6. The van der Waals surface area contributed by atoms with E-state index in [1.165, 1.54) is 0 Å². The summed E-state index contributed by atoms with van der Waals surface area (Å²) in [5.41, 5.74) is 2.55. The molecule has 1 amide bonds. The third-order valence-corrected chi connectivity index (χ3v) is 5.71. The molecule has 1 saturated carbocycles. The van der Waals surface area contributed by atoms with E-state index in [2.05, 4.69) is 0 Å². The standard InChI is InChI=1S/C23H19ClN2O3/c24-17-7-1-6-16(13-17)23(27)26-22(20-10-4-12-29-20)19-9-2-5-15(21(19)25-26)14-18-8-3-11-28-18/h1,3-4,6-8,10-14,19,22H,2,5,9H2/b15-14-. The number of furan rings is 2. The quantitative estimate of drug-likeness (QED) is 0.539. The zero-order chi connectivity index (χ0) is 19.8. The molecular weight excluding hydrogens is 388 g/mol. The Hall–Kier alpha value is -3.05. The van der Waals surface area contributed by atoms with E-state index in [-0.39, 0.29) is 17.9 Å². The van der Waals surface area contributed by atoms with E-state index in [0.29, 0.717) is 10.6 Å². The summed E-state index contributed by atoms with van der Waals surface area (Å²) in [6.45, 7) is 0. The van der Waals surface area contributed by atoms with Crippen LogP contribution in [0.3, 0.4) is 0 Å². The summed E-state index contributed by atoms with van der Waals surface area (Å²) in [6, 6.07) is 14.2.